The Balaban J connectivity index is 2.62. The van der Waals surface area contributed by atoms with Gasteiger partial charge in [0.05, 0.1) is 5.38 Å². The van der Waals surface area contributed by atoms with Gasteiger partial charge < -0.3 is 0 Å². The van der Waals surface area contributed by atoms with Gasteiger partial charge in [-0.25, -0.2) is 0 Å². The second-order valence-electron chi connectivity index (χ2n) is 3.78. The van der Waals surface area contributed by atoms with Crippen molar-refractivity contribution in [1.82, 2.24) is 0 Å². The summed E-state index contributed by atoms with van der Waals surface area (Å²) in [5.41, 5.74) is 2.36. The van der Waals surface area contributed by atoms with Crippen LogP contribution in [0.4, 0.5) is 0 Å². The molecule has 0 saturated carbocycles. The lowest BCUT2D eigenvalue weighted by Crippen LogP contribution is -2.23. The summed E-state index contributed by atoms with van der Waals surface area (Å²) in [6.45, 7) is 0. The molecule has 1 aromatic carbocycles. The van der Waals surface area contributed by atoms with Gasteiger partial charge in [-0.3, -0.25) is 0 Å². The smallest absolute Gasteiger partial charge is 0.184 e. The summed E-state index contributed by atoms with van der Waals surface area (Å²) in [5, 5.41) is -0.0524. The third-order valence-electron chi connectivity index (χ3n) is 2.70. The first-order valence-corrected chi connectivity index (χ1v) is 7.91. The van der Waals surface area contributed by atoms with Crippen molar-refractivity contribution in [3.8, 4) is 0 Å². The van der Waals surface area contributed by atoms with E-state index in [0.29, 0.717) is 10.9 Å². The monoisotopic (exact) mass is 344 g/mol. The third kappa shape index (κ3) is 2.60. The Morgan fingerprint density at radius 1 is 1.17 bits per heavy atom. The number of allylic oxidation sites excluding steroid dienone is 4. The van der Waals surface area contributed by atoms with Gasteiger partial charge in [0.15, 0.2) is 0 Å². The van der Waals surface area contributed by atoms with E-state index in [1.807, 2.05) is 36.4 Å². The zero-order valence-electron chi connectivity index (χ0n) is 9.31. The van der Waals surface area contributed by atoms with Crippen LogP contribution in [0.1, 0.15) is 5.56 Å². The van der Waals surface area contributed by atoms with Gasteiger partial charge >= 0.3 is 0 Å². The Labute approximate surface area is 121 Å². The van der Waals surface area contributed by atoms with Gasteiger partial charge in [0.1, 0.15) is 4.86 Å². The Kier molecular flexibility index (Phi) is 4.43. The molecule has 2 nitrogen and oxygen atoms in total. The summed E-state index contributed by atoms with van der Waals surface area (Å²) in [7, 11) is -2.33. The molecule has 0 amide bonds. The van der Waals surface area contributed by atoms with Gasteiger partial charge in [-0.05, 0) is 11.1 Å². The maximum Gasteiger partial charge on any atom is 0.219 e. The summed E-state index contributed by atoms with van der Waals surface area (Å²) in [5.74, 6) is 0. The number of benzene rings is 1. The molecule has 1 atom stereocenters. The molecule has 0 saturated heterocycles. The predicted molar refractivity (Wildman–Crippen MR) is 79.9 cm³/mol. The largest absolute Gasteiger partial charge is 0.219 e. The maximum atomic E-state index is 11.4. The molecule has 0 heterocycles. The molecule has 18 heavy (non-hydrogen) atoms. The Morgan fingerprint density at radius 3 is 2.39 bits per heavy atom. The topological polar surface area (TPSA) is 34.1 Å². The van der Waals surface area contributed by atoms with E-state index < -0.39 is 15.7 Å². The fourth-order valence-electron chi connectivity index (χ4n) is 1.80. The number of rotatable bonds is 2. The Hall–Kier alpha value is -0.840. The van der Waals surface area contributed by atoms with Crippen LogP contribution in [-0.2, 0) is 10.3 Å². The lowest BCUT2D eigenvalue weighted by atomic mass is 9.93. The van der Waals surface area contributed by atoms with Gasteiger partial charge in [-0.2, -0.15) is 8.42 Å². The molecule has 94 valence electrons. The minimum Gasteiger partial charge on any atom is -0.184 e. The normalized spacial score (nSPS) is 19.2. The van der Waals surface area contributed by atoms with E-state index in [4.69, 9.17) is 11.6 Å². The molecule has 0 aliphatic heterocycles. The van der Waals surface area contributed by atoms with Crippen molar-refractivity contribution in [3.63, 3.8) is 0 Å². The molecule has 0 bridgehead atoms. The van der Waals surface area contributed by atoms with Crippen molar-refractivity contribution in [2.75, 3.05) is 5.33 Å². The highest BCUT2D eigenvalue weighted by molar-refractivity contribution is 9.09. The van der Waals surface area contributed by atoms with E-state index in [1.165, 1.54) is 0 Å². The fraction of sp³-hybridized carbons (Fsp3) is 0.154. The van der Waals surface area contributed by atoms with Gasteiger partial charge in [0, 0.05) is 10.9 Å². The average molecular weight is 346 g/mol. The SMILES string of the molecule is O=S(=O)=C1C(c2ccccc2)=CC=C(CBr)C1Cl. The highest BCUT2D eigenvalue weighted by Gasteiger charge is 2.26. The molecule has 5 heteroatoms. The number of hydrogen-bond acceptors (Lipinski definition) is 2. The number of hydrogen-bond donors (Lipinski definition) is 0. The summed E-state index contributed by atoms with van der Waals surface area (Å²) in [6, 6.07) is 9.37. The zero-order chi connectivity index (χ0) is 13.1. The van der Waals surface area contributed by atoms with Gasteiger partial charge in [-0.1, -0.05) is 58.4 Å². The molecule has 1 aliphatic carbocycles. The van der Waals surface area contributed by atoms with Gasteiger partial charge in [-0.15, -0.1) is 11.6 Å². The number of alkyl halides is 2. The van der Waals surface area contributed by atoms with Crippen LogP contribution >= 0.6 is 27.5 Å². The van der Waals surface area contributed by atoms with Crippen molar-refractivity contribution in [2.24, 2.45) is 0 Å². The van der Waals surface area contributed by atoms with E-state index in [0.717, 1.165) is 11.1 Å². The van der Waals surface area contributed by atoms with Crippen LogP contribution in [0.5, 0.6) is 0 Å². The minimum atomic E-state index is -2.33. The number of halogens is 2. The lowest BCUT2D eigenvalue weighted by Gasteiger charge is -2.19. The van der Waals surface area contributed by atoms with Crippen molar-refractivity contribution in [2.45, 2.75) is 5.38 Å². The molecule has 0 radical (unpaired) electrons. The summed E-state index contributed by atoms with van der Waals surface area (Å²) in [4.78, 5) is 0.236. The highest BCUT2D eigenvalue weighted by atomic mass is 79.9. The van der Waals surface area contributed by atoms with E-state index in [-0.39, 0.29) is 4.86 Å². The summed E-state index contributed by atoms with van der Waals surface area (Å²) < 4.78 is 22.8. The average Bonchev–Trinajstić information content (AvgIpc) is 2.39. The summed E-state index contributed by atoms with van der Waals surface area (Å²) >= 11 is 9.53. The second kappa shape index (κ2) is 5.87. The molecule has 1 aliphatic rings. The van der Waals surface area contributed by atoms with Crippen molar-refractivity contribution < 1.29 is 8.42 Å². The van der Waals surface area contributed by atoms with Crippen LogP contribution in [0.25, 0.3) is 5.57 Å². The van der Waals surface area contributed by atoms with Crippen LogP contribution in [0.2, 0.25) is 0 Å². The molecule has 0 N–H and O–H groups in total. The van der Waals surface area contributed by atoms with Crippen LogP contribution in [0, 0.1) is 0 Å². The lowest BCUT2D eigenvalue weighted by molar-refractivity contribution is 0.627. The standard InChI is InChI=1S/C13H10BrClO2S/c14-8-10-6-7-11(9-4-2-1-3-5-9)13(12(10)15)18(16)17/h1-7,12H,8H2. The van der Waals surface area contributed by atoms with E-state index in [1.54, 1.807) is 6.08 Å². The van der Waals surface area contributed by atoms with Crippen LogP contribution in [0.3, 0.4) is 0 Å². The summed E-state index contributed by atoms with van der Waals surface area (Å²) in [6.07, 6.45) is 3.67. The molecule has 1 unspecified atom stereocenters. The molecule has 2 rings (SSSR count). The minimum absolute atomic E-state index is 0.236. The molecule has 1 aromatic rings. The predicted octanol–water partition coefficient (Wildman–Crippen LogP) is 3.06. The fourth-order valence-corrected chi connectivity index (χ4v) is 3.67. The molecule has 0 spiro atoms. The van der Waals surface area contributed by atoms with Crippen molar-refractivity contribution >= 4 is 48.3 Å². The Morgan fingerprint density at radius 2 is 1.83 bits per heavy atom. The van der Waals surface area contributed by atoms with Crippen LogP contribution in [-0.4, -0.2) is 24.0 Å². The van der Waals surface area contributed by atoms with Gasteiger partial charge in [0.2, 0.25) is 10.3 Å². The molecular formula is C13H10BrClO2S. The van der Waals surface area contributed by atoms with E-state index >= 15 is 0 Å². The molecule has 0 fully saturated rings. The molecule has 0 aromatic heterocycles. The maximum absolute atomic E-state index is 11.4. The first-order valence-electron chi connectivity index (χ1n) is 5.28. The first kappa shape index (κ1) is 13.6. The van der Waals surface area contributed by atoms with Crippen LogP contribution < -0.4 is 0 Å². The van der Waals surface area contributed by atoms with Crippen molar-refractivity contribution in [3.05, 3.63) is 53.6 Å². The second-order valence-corrected chi connectivity index (χ2v) is 5.69. The van der Waals surface area contributed by atoms with Crippen LogP contribution in [0.15, 0.2) is 48.1 Å². The van der Waals surface area contributed by atoms with Gasteiger partial charge in [0.25, 0.3) is 0 Å². The van der Waals surface area contributed by atoms with E-state index in [9.17, 15) is 8.42 Å². The van der Waals surface area contributed by atoms with Crippen molar-refractivity contribution in [1.29, 1.82) is 0 Å². The van der Waals surface area contributed by atoms with E-state index in [2.05, 4.69) is 15.9 Å². The molecular weight excluding hydrogens is 336 g/mol. The highest BCUT2D eigenvalue weighted by Crippen LogP contribution is 2.28. The zero-order valence-corrected chi connectivity index (χ0v) is 12.5. The first-order chi connectivity index (χ1) is 8.65. The third-order valence-corrected chi connectivity index (χ3v) is 4.79. The Bertz CT molecular complexity index is 637. The quantitative estimate of drug-likeness (QED) is 0.610.